The zero-order valence-electron chi connectivity index (χ0n) is 17.1. The molecule has 0 amide bonds. The number of aromatic nitrogens is 1. The maximum absolute atomic E-state index is 14.3. The molecule has 0 fully saturated rings. The number of thiophene rings is 1. The fourth-order valence-electron chi connectivity index (χ4n) is 3.33. The second-order valence-electron chi connectivity index (χ2n) is 7.68. The van der Waals surface area contributed by atoms with E-state index in [2.05, 4.69) is 4.85 Å². The van der Waals surface area contributed by atoms with Gasteiger partial charge in [-0.05, 0) is 41.8 Å². The van der Waals surface area contributed by atoms with E-state index >= 15 is 0 Å². The predicted molar refractivity (Wildman–Crippen MR) is 119 cm³/mol. The number of benzene rings is 2. The number of halogens is 2. The van der Waals surface area contributed by atoms with E-state index in [4.69, 9.17) is 11.3 Å². The van der Waals surface area contributed by atoms with Crippen LogP contribution in [0.5, 0.6) is 11.5 Å². The van der Waals surface area contributed by atoms with E-state index < -0.39 is 17.2 Å². The highest BCUT2D eigenvalue weighted by Gasteiger charge is 2.28. The monoisotopic (exact) mass is 436 g/mol. The van der Waals surface area contributed by atoms with Crippen LogP contribution >= 0.6 is 11.3 Å². The van der Waals surface area contributed by atoms with E-state index in [9.17, 15) is 13.6 Å². The van der Waals surface area contributed by atoms with Gasteiger partial charge >= 0.3 is 0 Å². The molecule has 0 N–H and O–H groups in total. The molecule has 0 unspecified atom stereocenters. The summed E-state index contributed by atoms with van der Waals surface area (Å²) in [6, 6.07) is 10.1. The molecule has 4 nitrogen and oxygen atoms in total. The lowest BCUT2D eigenvalue weighted by molar-refractivity contribution is 0.438. The van der Waals surface area contributed by atoms with Gasteiger partial charge in [0, 0.05) is 54.5 Å². The molecule has 0 atom stereocenters. The molecule has 4 aromatic rings. The van der Waals surface area contributed by atoms with Gasteiger partial charge in [0.25, 0.3) is 11.1 Å². The van der Waals surface area contributed by atoms with Crippen molar-refractivity contribution in [3.63, 3.8) is 0 Å². The van der Waals surface area contributed by atoms with Crippen molar-refractivity contribution >= 4 is 21.4 Å². The van der Waals surface area contributed by atoms with Crippen LogP contribution in [0.25, 0.3) is 26.1 Å². The number of ether oxygens (including phenoxy) is 1. The topological polar surface area (TPSA) is 35.6 Å². The third-order valence-corrected chi connectivity index (χ3v) is 6.10. The van der Waals surface area contributed by atoms with Gasteiger partial charge in [-0.25, -0.2) is 15.4 Å². The Kier molecular flexibility index (Phi) is 5.11. The molecule has 7 heteroatoms. The van der Waals surface area contributed by atoms with Gasteiger partial charge in [-0.3, -0.25) is 4.79 Å². The Bertz CT molecular complexity index is 1410. The number of hydrogen-bond acceptors (Lipinski definition) is 3. The number of aryl methyl sites for hydroxylation is 1. The van der Waals surface area contributed by atoms with Gasteiger partial charge < -0.3 is 14.1 Å². The Morgan fingerprint density at radius 1 is 1.06 bits per heavy atom. The first-order valence-corrected chi connectivity index (χ1v) is 10.3. The molecule has 31 heavy (non-hydrogen) atoms. The van der Waals surface area contributed by atoms with E-state index in [0.29, 0.717) is 16.7 Å². The summed E-state index contributed by atoms with van der Waals surface area (Å²) >= 11 is 1.42. The highest BCUT2D eigenvalue weighted by atomic mass is 32.1. The maximum atomic E-state index is 14.3. The summed E-state index contributed by atoms with van der Waals surface area (Å²) < 4.78 is 35.7. The molecule has 2 aromatic heterocycles. The lowest BCUT2D eigenvalue weighted by Gasteiger charge is -2.18. The summed E-state index contributed by atoms with van der Waals surface area (Å²) in [6.07, 6.45) is 1.71. The highest BCUT2D eigenvalue weighted by Crippen LogP contribution is 2.41. The standard InChI is InChI=1S/C24H18F2N2O2S/c1-24(2,27-3)14-5-7-20(30-21-8-6-15(25)12-19(21)26)17(11-14)18-13-28(4)23(29)16-9-10-31-22(16)18/h5-13H,1-2,4H3. The van der Waals surface area contributed by atoms with Crippen LogP contribution in [0.4, 0.5) is 8.78 Å². The molecule has 0 saturated carbocycles. The summed E-state index contributed by atoms with van der Waals surface area (Å²) in [7, 11) is 1.66. The third kappa shape index (κ3) is 3.71. The van der Waals surface area contributed by atoms with Crippen molar-refractivity contribution in [2.45, 2.75) is 19.4 Å². The molecular weight excluding hydrogens is 418 g/mol. The predicted octanol–water partition coefficient (Wildman–Crippen LogP) is 6.49. The Labute approximate surface area is 181 Å². The average Bonchev–Trinajstić information content (AvgIpc) is 3.23. The van der Waals surface area contributed by atoms with Crippen molar-refractivity contribution in [2.75, 3.05) is 0 Å². The van der Waals surface area contributed by atoms with Crippen molar-refractivity contribution < 1.29 is 13.5 Å². The second kappa shape index (κ2) is 7.64. The number of pyridine rings is 1. The van der Waals surface area contributed by atoms with Gasteiger partial charge in [-0.2, -0.15) is 0 Å². The normalized spacial score (nSPS) is 11.5. The Morgan fingerprint density at radius 2 is 1.81 bits per heavy atom. The van der Waals surface area contributed by atoms with Crippen LogP contribution in [0, 0.1) is 18.2 Å². The van der Waals surface area contributed by atoms with Gasteiger partial charge in [0.2, 0.25) is 0 Å². The van der Waals surface area contributed by atoms with Crippen LogP contribution < -0.4 is 10.3 Å². The zero-order chi connectivity index (χ0) is 22.3. The van der Waals surface area contributed by atoms with E-state index in [1.807, 2.05) is 11.4 Å². The molecule has 4 rings (SSSR count). The smallest absolute Gasteiger partial charge is 0.259 e. The van der Waals surface area contributed by atoms with Gasteiger partial charge in [-0.15, -0.1) is 11.3 Å². The van der Waals surface area contributed by atoms with Gasteiger partial charge in [0.15, 0.2) is 11.6 Å². The Morgan fingerprint density at radius 3 is 2.52 bits per heavy atom. The first kappa shape index (κ1) is 20.8. The quantitative estimate of drug-likeness (QED) is 0.343. The molecule has 0 spiro atoms. The fourth-order valence-corrected chi connectivity index (χ4v) is 4.24. The Balaban J connectivity index is 1.98. The lowest BCUT2D eigenvalue weighted by atomic mass is 9.91. The SMILES string of the molecule is [C-]#[N+]C(C)(C)c1ccc(Oc2ccc(F)cc2F)c(-c2cn(C)c(=O)c3ccsc23)c1. The number of fused-ring (bicyclic) bond motifs is 1. The van der Waals surface area contributed by atoms with Crippen LogP contribution in [0.2, 0.25) is 0 Å². The highest BCUT2D eigenvalue weighted by molar-refractivity contribution is 7.17. The number of nitrogens with zero attached hydrogens (tertiary/aromatic N) is 2. The largest absolute Gasteiger partial charge is 0.454 e. The molecule has 0 aliphatic carbocycles. The van der Waals surface area contributed by atoms with E-state index in [1.54, 1.807) is 45.3 Å². The van der Waals surface area contributed by atoms with Gasteiger partial charge in [0.1, 0.15) is 11.6 Å². The zero-order valence-corrected chi connectivity index (χ0v) is 17.9. The third-order valence-electron chi connectivity index (χ3n) is 5.15. The van der Waals surface area contributed by atoms with E-state index in [-0.39, 0.29) is 11.3 Å². The lowest BCUT2D eigenvalue weighted by Crippen LogP contribution is -2.16. The minimum absolute atomic E-state index is 0.118. The molecule has 156 valence electrons. The summed E-state index contributed by atoms with van der Waals surface area (Å²) in [4.78, 5) is 16.2. The maximum Gasteiger partial charge on any atom is 0.259 e. The van der Waals surface area contributed by atoms with Crippen molar-refractivity contribution in [3.8, 4) is 22.6 Å². The Hall–Kier alpha value is -3.50. The van der Waals surface area contributed by atoms with Crippen molar-refractivity contribution in [1.82, 2.24) is 4.57 Å². The van der Waals surface area contributed by atoms with Crippen molar-refractivity contribution in [3.05, 3.63) is 93.0 Å². The summed E-state index contributed by atoms with van der Waals surface area (Å²) in [5, 5.41) is 2.40. The molecule has 0 aliphatic rings. The molecule has 2 aromatic carbocycles. The van der Waals surface area contributed by atoms with Crippen LogP contribution in [-0.2, 0) is 12.6 Å². The van der Waals surface area contributed by atoms with Crippen LogP contribution in [0.3, 0.4) is 0 Å². The van der Waals surface area contributed by atoms with E-state index in [0.717, 1.165) is 28.0 Å². The van der Waals surface area contributed by atoms with Crippen molar-refractivity contribution in [2.24, 2.45) is 7.05 Å². The molecule has 0 bridgehead atoms. The molecular formula is C24H18F2N2O2S. The molecule has 0 radical (unpaired) electrons. The van der Waals surface area contributed by atoms with Crippen molar-refractivity contribution in [1.29, 1.82) is 0 Å². The summed E-state index contributed by atoms with van der Waals surface area (Å²) in [6.45, 7) is 11.1. The first-order valence-electron chi connectivity index (χ1n) is 9.44. The van der Waals surface area contributed by atoms with Crippen LogP contribution in [-0.4, -0.2) is 4.57 Å². The van der Waals surface area contributed by atoms with Gasteiger partial charge in [-0.1, -0.05) is 0 Å². The molecule has 0 aliphatic heterocycles. The number of rotatable bonds is 4. The molecule has 0 saturated heterocycles. The van der Waals surface area contributed by atoms with Gasteiger partial charge in [0.05, 0.1) is 5.39 Å². The fraction of sp³-hybridized carbons (Fsp3) is 0.167. The minimum Gasteiger partial charge on any atom is -0.454 e. The second-order valence-corrected chi connectivity index (χ2v) is 8.60. The summed E-state index contributed by atoms with van der Waals surface area (Å²) in [5.41, 5.74) is 1.19. The minimum atomic E-state index is -0.821. The first-order chi connectivity index (χ1) is 14.7. The average molecular weight is 436 g/mol. The van der Waals surface area contributed by atoms with E-state index in [1.165, 1.54) is 22.0 Å². The van der Waals surface area contributed by atoms with Crippen LogP contribution in [0.1, 0.15) is 19.4 Å². The summed E-state index contributed by atoms with van der Waals surface area (Å²) in [5.74, 6) is -1.30. The molecule has 2 heterocycles. The van der Waals surface area contributed by atoms with Crippen LogP contribution in [0.15, 0.2) is 58.8 Å². The number of hydrogen-bond donors (Lipinski definition) is 0.